The lowest BCUT2D eigenvalue weighted by Gasteiger charge is -2.25. The molecular formula is C16H22N2O5S. The molecule has 24 heavy (non-hydrogen) atoms. The van der Waals surface area contributed by atoms with Crippen molar-refractivity contribution >= 4 is 23.8 Å². The second kappa shape index (κ2) is 8.68. The minimum absolute atomic E-state index is 0.143. The molecule has 1 heterocycles. The third-order valence-corrected chi connectivity index (χ3v) is 4.79. The molecule has 1 fully saturated rings. The first-order valence-electron chi connectivity index (χ1n) is 7.64. The Morgan fingerprint density at radius 3 is 2.79 bits per heavy atom. The van der Waals surface area contributed by atoms with Gasteiger partial charge in [0, 0.05) is 17.9 Å². The second-order valence-corrected chi connectivity index (χ2v) is 6.18. The van der Waals surface area contributed by atoms with E-state index in [1.807, 2.05) is 18.2 Å². The van der Waals surface area contributed by atoms with Crippen LogP contribution < -0.4 is 14.8 Å². The summed E-state index contributed by atoms with van der Waals surface area (Å²) in [4.78, 5) is 25.5. The number of nitrogens with one attached hydrogen (secondary N) is 1. The number of ether oxygens (including phenoxy) is 3. The van der Waals surface area contributed by atoms with Gasteiger partial charge in [-0.25, -0.2) is 4.79 Å². The van der Waals surface area contributed by atoms with Crippen molar-refractivity contribution in [3.63, 3.8) is 0 Å². The van der Waals surface area contributed by atoms with Gasteiger partial charge in [-0.05, 0) is 25.1 Å². The average molecular weight is 354 g/mol. The first-order valence-corrected chi connectivity index (χ1v) is 8.69. The monoisotopic (exact) mass is 354 g/mol. The van der Waals surface area contributed by atoms with Crippen LogP contribution in [0.15, 0.2) is 18.2 Å². The lowest BCUT2D eigenvalue weighted by Crippen LogP contribution is -2.42. The Kier molecular flexibility index (Phi) is 6.60. The molecule has 0 aromatic heterocycles. The molecule has 0 saturated carbocycles. The highest BCUT2D eigenvalue weighted by atomic mass is 32.2. The molecule has 2 rings (SSSR count). The lowest BCUT2D eigenvalue weighted by molar-refractivity contribution is -0.141. The van der Waals surface area contributed by atoms with E-state index in [0.29, 0.717) is 18.0 Å². The predicted molar refractivity (Wildman–Crippen MR) is 91.5 cm³/mol. The van der Waals surface area contributed by atoms with Gasteiger partial charge in [0.2, 0.25) is 0 Å². The first kappa shape index (κ1) is 18.3. The van der Waals surface area contributed by atoms with Gasteiger partial charge >= 0.3 is 12.0 Å². The van der Waals surface area contributed by atoms with E-state index >= 15 is 0 Å². The number of hydrogen-bond acceptors (Lipinski definition) is 6. The summed E-state index contributed by atoms with van der Waals surface area (Å²) in [6.45, 7) is 2.46. The Balaban J connectivity index is 2.12. The van der Waals surface area contributed by atoms with Crippen LogP contribution >= 0.6 is 11.8 Å². The van der Waals surface area contributed by atoms with Gasteiger partial charge in [-0.3, -0.25) is 4.79 Å². The SMILES string of the molecule is CCOC(=O)CNC(=O)N1CCS[C@H]1c1cc(OC)ccc1OC. The third kappa shape index (κ3) is 4.25. The van der Waals surface area contributed by atoms with E-state index < -0.39 is 5.97 Å². The fraction of sp³-hybridized carbons (Fsp3) is 0.500. The van der Waals surface area contributed by atoms with Gasteiger partial charge in [-0.15, -0.1) is 11.8 Å². The van der Waals surface area contributed by atoms with E-state index in [4.69, 9.17) is 14.2 Å². The van der Waals surface area contributed by atoms with Crippen LogP contribution in [0, 0.1) is 0 Å². The molecule has 0 radical (unpaired) electrons. The maximum absolute atomic E-state index is 12.4. The van der Waals surface area contributed by atoms with Crippen LogP contribution in [0.4, 0.5) is 4.79 Å². The summed E-state index contributed by atoms with van der Waals surface area (Å²) in [5.41, 5.74) is 0.866. The summed E-state index contributed by atoms with van der Waals surface area (Å²) in [5, 5.41) is 2.41. The minimum Gasteiger partial charge on any atom is -0.497 e. The highest BCUT2D eigenvalue weighted by molar-refractivity contribution is 7.99. The zero-order valence-electron chi connectivity index (χ0n) is 14.0. The van der Waals surface area contributed by atoms with E-state index in [1.54, 1.807) is 37.8 Å². The van der Waals surface area contributed by atoms with Crippen LogP contribution in [0.25, 0.3) is 0 Å². The molecule has 1 N–H and O–H groups in total. The van der Waals surface area contributed by atoms with E-state index in [0.717, 1.165) is 11.3 Å². The summed E-state index contributed by atoms with van der Waals surface area (Å²) in [5.74, 6) is 1.74. The number of rotatable bonds is 6. The van der Waals surface area contributed by atoms with Gasteiger partial charge in [-0.1, -0.05) is 0 Å². The van der Waals surface area contributed by atoms with E-state index in [-0.39, 0.29) is 24.6 Å². The van der Waals surface area contributed by atoms with Gasteiger partial charge < -0.3 is 24.4 Å². The third-order valence-electron chi connectivity index (χ3n) is 3.54. The zero-order chi connectivity index (χ0) is 17.5. The molecule has 0 unspecified atom stereocenters. The fourth-order valence-corrected chi connectivity index (χ4v) is 3.70. The van der Waals surface area contributed by atoms with Crippen molar-refractivity contribution in [2.45, 2.75) is 12.3 Å². The molecule has 1 saturated heterocycles. The van der Waals surface area contributed by atoms with E-state index in [2.05, 4.69) is 5.32 Å². The Morgan fingerprint density at radius 1 is 1.33 bits per heavy atom. The lowest BCUT2D eigenvalue weighted by atomic mass is 10.1. The smallest absolute Gasteiger partial charge is 0.325 e. The number of carbonyl (C=O) groups excluding carboxylic acids is 2. The average Bonchev–Trinajstić information content (AvgIpc) is 3.09. The normalized spacial score (nSPS) is 16.6. The van der Waals surface area contributed by atoms with Crippen LogP contribution in [0.1, 0.15) is 17.9 Å². The molecule has 1 atom stereocenters. The number of nitrogens with zero attached hydrogens (tertiary/aromatic N) is 1. The molecule has 1 aromatic rings. The van der Waals surface area contributed by atoms with Crippen molar-refractivity contribution in [1.82, 2.24) is 10.2 Å². The molecule has 8 heteroatoms. The van der Waals surface area contributed by atoms with Crippen molar-refractivity contribution in [1.29, 1.82) is 0 Å². The molecule has 0 aliphatic carbocycles. The summed E-state index contributed by atoms with van der Waals surface area (Å²) >= 11 is 1.64. The van der Waals surface area contributed by atoms with Gasteiger partial charge in [0.15, 0.2) is 0 Å². The molecule has 0 bridgehead atoms. The minimum atomic E-state index is -0.451. The Morgan fingerprint density at radius 2 is 2.12 bits per heavy atom. The number of esters is 1. The largest absolute Gasteiger partial charge is 0.497 e. The fourth-order valence-electron chi connectivity index (χ4n) is 2.43. The molecule has 2 amide bonds. The van der Waals surface area contributed by atoms with Crippen LogP contribution in [-0.4, -0.2) is 56.6 Å². The summed E-state index contributed by atoms with van der Waals surface area (Å²) in [7, 11) is 3.19. The number of methoxy groups -OCH3 is 2. The van der Waals surface area contributed by atoms with Gasteiger partial charge in [0.1, 0.15) is 23.4 Å². The van der Waals surface area contributed by atoms with Gasteiger partial charge in [0.25, 0.3) is 0 Å². The van der Waals surface area contributed by atoms with Crippen LogP contribution in [0.3, 0.4) is 0 Å². The Labute approximate surface area is 145 Å². The van der Waals surface area contributed by atoms with Crippen molar-refractivity contribution in [2.75, 3.05) is 39.7 Å². The quantitative estimate of drug-likeness (QED) is 0.788. The maximum atomic E-state index is 12.4. The topological polar surface area (TPSA) is 77.1 Å². The molecule has 0 spiro atoms. The van der Waals surface area contributed by atoms with E-state index in [9.17, 15) is 9.59 Å². The number of amides is 2. The van der Waals surface area contributed by atoms with Gasteiger partial charge in [0.05, 0.1) is 20.8 Å². The maximum Gasteiger partial charge on any atom is 0.325 e. The number of benzene rings is 1. The van der Waals surface area contributed by atoms with Crippen molar-refractivity contribution < 1.29 is 23.8 Å². The van der Waals surface area contributed by atoms with Crippen LogP contribution in [-0.2, 0) is 9.53 Å². The molecular weight excluding hydrogens is 332 g/mol. The number of urea groups is 1. The number of hydrogen-bond donors (Lipinski definition) is 1. The number of carbonyl (C=O) groups is 2. The zero-order valence-corrected chi connectivity index (χ0v) is 14.9. The Hall–Kier alpha value is -2.09. The number of thioether (sulfide) groups is 1. The second-order valence-electron chi connectivity index (χ2n) is 4.99. The Bertz CT molecular complexity index is 596. The predicted octanol–water partition coefficient (Wildman–Crippen LogP) is 2.02. The molecule has 1 aliphatic heterocycles. The molecule has 1 aromatic carbocycles. The summed E-state index contributed by atoms with van der Waals surface area (Å²) in [6.07, 6.45) is 0. The van der Waals surface area contributed by atoms with Crippen LogP contribution in [0.5, 0.6) is 11.5 Å². The van der Waals surface area contributed by atoms with Crippen molar-refractivity contribution in [3.05, 3.63) is 23.8 Å². The first-order chi connectivity index (χ1) is 11.6. The van der Waals surface area contributed by atoms with Crippen LogP contribution in [0.2, 0.25) is 0 Å². The van der Waals surface area contributed by atoms with Crippen molar-refractivity contribution in [2.24, 2.45) is 0 Å². The van der Waals surface area contributed by atoms with E-state index in [1.165, 1.54) is 0 Å². The standard InChI is InChI=1S/C16H22N2O5S/c1-4-23-14(19)10-17-16(20)18-7-8-24-15(18)12-9-11(21-2)5-6-13(12)22-3/h5-6,9,15H,4,7-8,10H2,1-3H3,(H,17,20)/t15-/m0/s1. The van der Waals surface area contributed by atoms with Crippen molar-refractivity contribution in [3.8, 4) is 11.5 Å². The molecule has 7 nitrogen and oxygen atoms in total. The molecule has 1 aliphatic rings. The molecule has 132 valence electrons. The summed E-state index contributed by atoms with van der Waals surface area (Å²) in [6, 6.07) is 5.20. The highest BCUT2D eigenvalue weighted by Gasteiger charge is 2.33. The highest BCUT2D eigenvalue weighted by Crippen LogP contribution is 2.43. The summed E-state index contributed by atoms with van der Waals surface area (Å²) < 4.78 is 15.5. The van der Waals surface area contributed by atoms with Gasteiger partial charge in [-0.2, -0.15) is 0 Å².